The fourth-order valence-corrected chi connectivity index (χ4v) is 3.55. The first-order chi connectivity index (χ1) is 10.0. The van der Waals surface area contributed by atoms with E-state index in [4.69, 9.17) is 23.7 Å². The Balaban J connectivity index is 1.86. The number of aliphatic hydroxyl groups is 1. The van der Waals surface area contributed by atoms with Crippen molar-refractivity contribution >= 4 is 0 Å². The van der Waals surface area contributed by atoms with Crippen LogP contribution in [-0.4, -0.2) is 53.5 Å². The Kier molecular flexibility index (Phi) is 3.72. The van der Waals surface area contributed by atoms with Crippen LogP contribution in [0.2, 0.25) is 0 Å². The van der Waals surface area contributed by atoms with Crippen LogP contribution < -0.4 is 0 Å². The molecule has 3 rings (SSSR count). The highest BCUT2D eigenvalue weighted by Gasteiger charge is 2.65. The Morgan fingerprint density at radius 3 is 2.32 bits per heavy atom. The number of rotatable bonds is 3. The van der Waals surface area contributed by atoms with Gasteiger partial charge in [-0.1, -0.05) is 5.57 Å². The van der Waals surface area contributed by atoms with Crippen molar-refractivity contribution in [1.82, 2.24) is 0 Å². The van der Waals surface area contributed by atoms with Gasteiger partial charge in [-0.3, -0.25) is 0 Å². The first-order valence-electron chi connectivity index (χ1n) is 7.72. The van der Waals surface area contributed by atoms with E-state index in [9.17, 15) is 5.11 Å². The molecule has 5 atom stereocenters. The van der Waals surface area contributed by atoms with Crippen molar-refractivity contribution < 1.29 is 28.8 Å². The molecule has 3 heterocycles. The van der Waals surface area contributed by atoms with Crippen LogP contribution in [0.1, 0.15) is 41.0 Å². The summed E-state index contributed by atoms with van der Waals surface area (Å²) in [6, 6.07) is 0. The highest BCUT2D eigenvalue weighted by molar-refractivity contribution is 5.13. The highest BCUT2D eigenvalue weighted by atomic mass is 16.8. The van der Waals surface area contributed by atoms with Gasteiger partial charge in [0.15, 0.2) is 17.9 Å². The highest BCUT2D eigenvalue weighted by Crippen LogP contribution is 2.48. The lowest BCUT2D eigenvalue weighted by atomic mass is 9.84. The summed E-state index contributed by atoms with van der Waals surface area (Å²) in [5.41, 5.74) is -0.401. The molecule has 3 saturated heterocycles. The van der Waals surface area contributed by atoms with Crippen LogP contribution in [0.3, 0.4) is 0 Å². The fourth-order valence-electron chi connectivity index (χ4n) is 3.55. The largest absolute Gasteiger partial charge is 0.384 e. The van der Waals surface area contributed by atoms with Crippen LogP contribution in [0, 0.1) is 0 Å². The van der Waals surface area contributed by atoms with Gasteiger partial charge in [0.05, 0.1) is 6.61 Å². The maximum Gasteiger partial charge on any atom is 0.190 e. The average Bonchev–Trinajstić information content (AvgIpc) is 2.91. The van der Waals surface area contributed by atoms with E-state index in [-0.39, 0.29) is 6.10 Å². The van der Waals surface area contributed by atoms with Crippen molar-refractivity contribution in [2.45, 2.75) is 82.8 Å². The van der Waals surface area contributed by atoms with E-state index in [1.54, 1.807) is 0 Å². The van der Waals surface area contributed by atoms with Gasteiger partial charge in [0.1, 0.15) is 23.9 Å². The molecule has 3 aliphatic heterocycles. The van der Waals surface area contributed by atoms with Gasteiger partial charge in [0.2, 0.25) is 0 Å². The number of ether oxygens (including phenoxy) is 5. The van der Waals surface area contributed by atoms with Gasteiger partial charge in [-0.15, -0.1) is 6.58 Å². The van der Waals surface area contributed by atoms with Crippen molar-refractivity contribution in [3.8, 4) is 0 Å². The second-order valence-corrected chi connectivity index (χ2v) is 7.47. The minimum absolute atomic E-state index is 0.360. The molecular weight excluding hydrogens is 288 g/mol. The SMILES string of the molecule is C=C(C)C[C@]1(O)[C@@H]([C@H]2COC(C)(C)O2)O[C@@H]2OC(C)(C)O[C@@H]21. The van der Waals surface area contributed by atoms with E-state index in [1.165, 1.54) is 0 Å². The first kappa shape index (κ1) is 16.4. The second kappa shape index (κ2) is 5.00. The Hall–Kier alpha value is -0.500. The summed E-state index contributed by atoms with van der Waals surface area (Å²) in [5, 5.41) is 11.3. The summed E-state index contributed by atoms with van der Waals surface area (Å²) >= 11 is 0. The van der Waals surface area contributed by atoms with Gasteiger partial charge in [0.25, 0.3) is 0 Å². The quantitative estimate of drug-likeness (QED) is 0.800. The van der Waals surface area contributed by atoms with E-state index < -0.39 is 35.7 Å². The zero-order valence-corrected chi connectivity index (χ0v) is 13.9. The smallest absolute Gasteiger partial charge is 0.190 e. The van der Waals surface area contributed by atoms with Crippen LogP contribution in [0.4, 0.5) is 0 Å². The van der Waals surface area contributed by atoms with Crippen molar-refractivity contribution in [2.24, 2.45) is 0 Å². The Labute approximate surface area is 131 Å². The standard InChI is InChI=1S/C16H26O6/c1-9(2)7-16(17)11(10-8-18-14(3,4)20-10)19-13-12(16)21-15(5,6)22-13/h10-13,17H,1,7-8H2,2-6H3/t10-,11-,12+,13-,16+/m1/s1. The maximum atomic E-state index is 11.3. The first-order valence-corrected chi connectivity index (χ1v) is 7.72. The zero-order chi connectivity index (χ0) is 16.3. The topological polar surface area (TPSA) is 66.4 Å². The van der Waals surface area contributed by atoms with Crippen LogP contribution in [0.15, 0.2) is 12.2 Å². The third kappa shape index (κ3) is 2.72. The molecule has 3 fully saturated rings. The summed E-state index contributed by atoms with van der Waals surface area (Å²) in [7, 11) is 0. The predicted octanol–water partition coefficient (Wildman–Crippen LogP) is 1.71. The van der Waals surface area contributed by atoms with Gasteiger partial charge < -0.3 is 28.8 Å². The van der Waals surface area contributed by atoms with Gasteiger partial charge in [-0.05, 0) is 34.6 Å². The predicted molar refractivity (Wildman–Crippen MR) is 78.0 cm³/mol. The monoisotopic (exact) mass is 314 g/mol. The van der Waals surface area contributed by atoms with E-state index in [1.807, 2.05) is 34.6 Å². The Morgan fingerprint density at radius 1 is 1.09 bits per heavy atom. The molecule has 0 aromatic heterocycles. The molecule has 0 amide bonds. The van der Waals surface area contributed by atoms with Gasteiger partial charge in [-0.25, -0.2) is 0 Å². The van der Waals surface area contributed by atoms with Gasteiger partial charge >= 0.3 is 0 Å². The average molecular weight is 314 g/mol. The summed E-state index contributed by atoms with van der Waals surface area (Å²) < 4.78 is 29.1. The maximum absolute atomic E-state index is 11.3. The Bertz CT molecular complexity index is 473. The molecule has 3 aliphatic rings. The molecule has 6 nitrogen and oxygen atoms in total. The summed E-state index contributed by atoms with van der Waals surface area (Å²) in [4.78, 5) is 0. The second-order valence-electron chi connectivity index (χ2n) is 7.47. The molecular formula is C16H26O6. The van der Waals surface area contributed by atoms with Gasteiger partial charge in [-0.2, -0.15) is 0 Å². The van der Waals surface area contributed by atoms with Gasteiger partial charge in [0, 0.05) is 6.42 Å². The minimum Gasteiger partial charge on any atom is -0.384 e. The molecule has 1 N–H and O–H groups in total. The number of hydrogen-bond donors (Lipinski definition) is 1. The lowest BCUT2D eigenvalue weighted by Crippen LogP contribution is -2.54. The van der Waals surface area contributed by atoms with E-state index in [2.05, 4.69) is 6.58 Å². The molecule has 0 saturated carbocycles. The van der Waals surface area contributed by atoms with Crippen LogP contribution in [-0.2, 0) is 23.7 Å². The van der Waals surface area contributed by atoms with Crippen LogP contribution in [0.25, 0.3) is 0 Å². The van der Waals surface area contributed by atoms with Crippen LogP contribution >= 0.6 is 0 Å². The van der Waals surface area contributed by atoms with Crippen molar-refractivity contribution in [1.29, 1.82) is 0 Å². The fraction of sp³-hybridized carbons (Fsp3) is 0.875. The minimum atomic E-state index is -1.25. The lowest BCUT2D eigenvalue weighted by Gasteiger charge is -2.36. The molecule has 0 aromatic rings. The molecule has 0 aliphatic carbocycles. The lowest BCUT2D eigenvalue weighted by molar-refractivity contribution is -0.247. The third-order valence-electron chi connectivity index (χ3n) is 4.28. The van der Waals surface area contributed by atoms with Crippen LogP contribution in [0.5, 0.6) is 0 Å². The van der Waals surface area contributed by atoms with Crippen molar-refractivity contribution in [3.63, 3.8) is 0 Å². The van der Waals surface area contributed by atoms with E-state index in [0.717, 1.165) is 5.57 Å². The molecule has 22 heavy (non-hydrogen) atoms. The molecule has 6 heteroatoms. The molecule has 0 radical (unpaired) electrons. The molecule has 0 unspecified atom stereocenters. The van der Waals surface area contributed by atoms with Crippen molar-refractivity contribution in [2.75, 3.05) is 6.61 Å². The zero-order valence-electron chi connectivity index (χ0n) is 13.9. The number of hydrogen-bond acceptors (Lipinski definition) is 6. The van der Waals surface area contributed by atoms with E-state index in [0.29, 0.717) is 13.0 Å². The normalized spacial score (nSPS) is 45.9. The summed E-state index contributed by atoms with van der Waals surface area (Å²) in [5.74, 6) is -1.47. The summed E-state index contributed by atoms with van der Waals surface area (Å²) in [6.45, 7) is 13.5. The van der Waals surface area contributed by atoms with E-state index >= 15 is 0 Å². The summed E-state index contributed by atoms with van der Waals surface area (Å²) in [6.07, 6.45) is -1.79. The molecule has 0 bridgehead atoms. The molecule has 126 valence electrons. The Morgan fingerprint density at radius 2 is 1.77 bits per heavy atom. The van der Waals surface area contributed by atoms with Crippen molar-refractivity contribution in [3.05, 3.63) is 12.2 Å². The molecule has 0 aromatic carbocycles. The number of fused-ring (bicyclic) bond motifs is 1. The molecule has 0 spiro atoms. The third-order valence-corrected chi connectivity index (χ3v) is 4.28.